The van der Waals surface area contributed by atoms with E-state index in [4.69, 9.17) is 0 Å². The third kappa shape index (κ3) is 1.68. The van der Waals surface area contributed by atoms with Gasteiger partial charge in [-0.3, -0.25) is 0 Å². The predicted molar refractivity (Wildman–Crippen MR) is 36.8 cm³/mol. The van der Waals surface area contributed by atoms with Crippen molar-refractivity contribution in [2.45, 2.75) is 0 Å². The van der Waals surface area contributed by atoms with Crippen molar-refractivity contribution in [2.24, 2.45) is 5.92 Å². The quantitative estimate of drug-likeness (QED) is 0.422. The standard InChI is InChI=1S/C8H10I/c1-7(9-2)8-5-3-4-6-8/h3-6,8H,1H2,2H3/q-1. The molecule has 0 aromatic heterocycles. The summed E-state index contributed by atoms with van der Waals surface area (Å²) in [5.74, 6) is 0.572. The average Bonchev–Trinajstić information content (AvgIpc) is 2.37. The molecule has 0 saturated carbocycles. The molecule has 9 heavy (non-hydrogen) atoms. The van der Waals surface area contributed by atoms with Gasteiger partial charge in [0.15, 0.2) is 0 Å². The van der Waals surface area contributed by atoms with Crippen molar-refractivity contribution in [1.82, 2.24) is 0 Å². The van der Waals surface area contributed by atoms with Gasteiger partial charge in [-0.25, -0.2) is 0 Å². The van der Waals surface area contributed by atoms with E-state index in [1.807, 2.05) is 0 Å². The Morgan fingerprint density at radius 3 is 2.44 bits per heavy atom. The first-order valence-electron chi connectivity index (χ1n) is 2.88. The van der Waals surface area contributed by atoms with Crippen molar-refractivity contribution >= 4 is 0 Å². The summed E-state index contributed by atoms with van der Waals surface area (Å²) in [5.41, 5.74) is 0. The number of halogens is 1. The first-order chi connectivity index (χ1) is 4.34. The van der Waals surface area contributed by atoms with E-state index in [-0.39, 0.29) is 21.2 Å². The van der Waals surface area contributed by atoms with Gasteiger partial charge in [0.05, 0.1) is 0 Å². The van der Waals surface area contributed by atoms with Crippen LogP contribution in [0.1, 0.15) is 0 Å². The molecule has 1 rings (SSSR count). The minimum atomic E-state index is 0.235. The van der Waals surface area contributed by atoms with E-state index in [1.54, 1.807) is 0 Å². The monoisotopic (exact) mass is 233 g/mol. The predicted octanol–water partition coefficient (Wildman–Crippen LogP) is -1.04. The van der Waals surface area contributed by atoms with Crippen LogP contribution in [-0.2, 0) is 0 Å². The van der Waals surface area contributed by atoms with Crippen LogP contribution in [0.4, 0.5) is 0 Å². The van der Waals surface area contributed by atoms with Crippen LogP contribution in [0.2, 0.25) is 0 Å². The molecule has 0 aromatic rings. The van der Waals surface area contributed by atoms with Gasteiger partial charge < -0.3 is 0 Å². The van der Waals surface area contributed by atoms with Crippen molar-refractivity contribution in [1.29, 1.82) is 0 Å². The summed E-state index contributed by atoms with van der Waals surface area (Å²) >= 11 is 0.235. The fourth-order valence-electron chi connectivity index (χ4n) is 0.767. The second-order valence-corrected chi connectivity index (χ2v) is 4.40. The molecule has 0 bridgehead atoms. The van der Waals surface area contributed by atoms with Crippen LogP contribution in [0.15, 0.2) is 34.5 Å². The van der Waals surface area contributed by atoms with E-state index in [0.29, 0.717) is 5.92 Å². The molecule has 0 unspecified atom stereocenters. The van der Waals surface area contributed by atoms with E-state index in [2.05, 4.69) is 35.8 Å². The van der Waals surface area contributed by atoms with Gasteiger partial charge in [0, 0.05) is 0 Å². The van der Waals surface area contributed by atoms with Gasteiger partial charge in [0.1, 0.15) is 0 Å². The van der Waals surface area contributed by atoms with Gasteiger partial charge in [-0.2, -0.15) is 0 Å². The summed E-state index contributed by atoms with van der Waals surface area (Å²) < 4.78 is 1.42. The Kier molecular flexibility index (Phi) is 2.51. The average molecular weight is 233 g/mol. The molecule has 0 amide bonds. The molecule has 50 valence electrons. The molecule has 1 heteroatoms. The Hall–Kier alpha value is -0.0500. The maximum absolute atomic E-state index is 4.00. The van der Waals surface area contributed by atoms with Crippen LogP contribution in [0.3, 0.4) is 0 Å². The Morgan fingerprint density at radius 1 is 1.44 bits per heavy atom. The molecule has 1 aliphatic carbocycles. The number of rotatable bonds is 2. The zero-order valence-corrected chi connectivity index (χ0v) is 7.63. The van der Waals surface area contributed by atoms with E-state index in [0.717, 1.165) is 0 Å². The molecule has 1 aliphatic rings. The topological polar surface area (TPSA) is 0 Å². The molecule has 0 saturated heterocycles. The van der Waals surface area contributed by atoms with E-state index < -0.39 is 0 Å². The molecule has 0 spiro atoms. The summed E-state index contributed by atoms with van der Waals surface area (Å²) in [6.45, 7) is 4.00. The summed E-state index contributed by atoms with van der Waals surface area (Å²) in [6, 6.07) is 0. The number of alkyl halides is 1. The zero-order chi connectivity index (χ0) is 6.69. The maximum atomic E-state index is 4.00. The Morgan fingerprint density at radius 2 is 2.00 bits per heavy atom. The molecule has 0 aromatic carbocycles. The van der Waals surface area contributed by atoms with Gasteiger partial charge >= 0.3 is 66.5 Å². The van der Waals surface area contributed by atoms with E-state index >= 15 is 0 Å². The second-order valence-electron chi connectivity index (χ2n) is 1.93. The SMILES string of the molecule is C=C([I-]C)C1C=CC=C1. The number of hydrogen-bond acceptors (Lipinski definition) is 0. The van der Waals surface area contributed by atoms with Crippen LogP contribution in [0.25, 0.3) is 0 Å². The summed E-state index contributed by atoms with van der Waals surface area (Å²) in [5, 5.41) is 0. The summed E-state index contributed by atoms with van der Waals surface area (Å²) in [4.78, 5) is 2.25. The molecule has 0 radical (unpaired) electrons. The summed E-state index contributed by atoms with van der Waals surface area (Å²) in [7, 11) is 0. The van der Waals surface area contributed by atoms with Crippen LogP contribution in [-0.4, -0.2) is 4.93 Å². The van der Waals surface area contributed by atoms with Gasteiger partial charge in [-0.15, -0.1) is 0 Å². The Labute approximate surface area is 66.6 Å². The molecular formula is C8H10I-. The third-order valence-corrected chi connectivity index (χ3v) is 3.46. The minimum absolute atomic E-state index is 0.235. The van der Waals surface area contributed by atoms with Gasteiger partial charge in [-0.1, -0.05) is 0 Å². The first kappa shape index (κ1) is 7.06. The number of hydrogen-bond donors (Lipinski definition) is 0. The van der Waals surface area contributed by atoms with Gasteiger partial charge in [0.2, 0.25) is 0 Å². The molecule has 0 heterocycles. The molecule has 0 nitrogen and oxygen atoms in total. The Balaban J connectivity index is 2.53. The van der Waals surface area contributed by atoms with Gasteiger partial charge in [-0.05, 0) is 0 Å². The summed E-state index contributed by atoms with van der Waals surface area (Å²) in [6.07, 6.45) is 8.58. The van der Waals surface area contributed by atoms with Crippen LogP contribution >= 0.6 is 0 Å². The van der Waals surface area contributed by atoms with Crippen molar-refractivity contribution in [3.63, 3.8) is 0 Å². The number of allylic oxidation sites excluding steroid dienone is 5. The molecule has 0 aliphatic heterocycles. The Bertz CT molecular complexity index is 153. The fraction of sp³-hybridized carbons (Fsp3) is 0.250. The fourth-order valence-corrected chi connectivity index (χ4v) is 1.90. The van der Waals surface area contributed by atoms with Gasteiger partial charge in [0.25, 0.3) is 0 Å². The van der Waals surface area contributed by atoms with E-state index in [9.17, 15) is 0 Å². The molecular weight excluding hydrogens is 223 g/mol. The van der Waals surface area contributed by atoms with Crippen LogP contribution in [0, 0.1) is 5.92 Å². The van der Waals surface area contributed by atoms with Crippen molar-refractivity contribution in [3.05, 3.63) is 34.5 Å². The third-order valence-electron chi connectivity index (χ3n) is 1.35. The first-order valence-corrected chi connectivity index (χ1v) is 6.11. The van der Waals surface area contributed by atoms with Crippen molar-refractivity contribution < 1.29 is 21.2 Å². The van der Waals surface area contributed by atoms with Crippen molar-refractivity contribution in [2.75, 3.05) is 4.93 Å². The zero-order valence-electron chi connectivity index (χ0n) is 5.47. The van der Waals surface area contributed by atoms with Crippen LogP contribution < -0.4 is 21.2 Å². The van der Waals surface area contributed by atoms with Crippen LogP contribution in [0.5, 0.6) is 0 Å². The molecule has 0 atom stereocenters. The molecule has 0 fully saturated rings. The molecule has 0 N–H and O–H groups in total. The van der Waals surface area contributed by atoms with E-state index in [1.165, 1.54) is 3.58 Å². The van der Waals surface area contributed by atoms with Crippen molar-refractivity contribution in [3.8, 4) is 0 Å². The second kappa shape index (κ2) is 3.20. The normalized spacial score (nSPS) is 17.4.